The van der Waals surface area contributed by atoms with Crippen LogP contribution < -0.4 is 5.56 Å². The minimum absolute atomic E-state index is 0.0170. The minimum atomic E-state index is -0.134. The van der Waals surface area contributed by atoms with Crippen molar-refractivity contribution < 1.29 is 4.79 Å². The number of likely N-dealkylation sites (tertiary alicyclic amines) is 1. The Kier molecular flexibility index (Phi) is 3.63. The largest absolute Gasteiger partial charge is 0.337 e. The summed E-state index contributed by atoms with van der Waals surface area (Å²) in [4.78, 5) is 32.3. The number of aryl methyl sites for hydroxylation is 2. The van der Waals surface area contributed by atoms with Crippen molar-refractivity contribution in [1.29, 1.82) is 0 Å². The molecule has 1 amide bonds. The number of pyridine rings is 1. The standard InChI is InChI=1S/C19H22N4O2/c1-12-5-4-8-22(10-12)19(25)15-9-14-17(21(15)3)20-16-7-6-13(2)11-23(16)18(14)24/h6-7,9,11-12H,4-5,8,10H2,1-3H3. The van der Waals surface area contributed by atoms with Gasteiger partial charge >= 0.3 is 0 Å². The number of aromatic nitrogens is 3. The number of hydrogen-bond donors (Lipinski definition) is 0. The van der Waals surface area contributed by atoms with Gasteiger partial charge in [-0.1, -0.05) is 13.0 Å². The first-order chi connectivity index (χ1) is 12.0. The fourth-order valence-electron chi connectivity index (χ4n) is 3.72. The molecule has 0 bridgehead atoms. The lowest BCUT2D eigenvalue weighted by atomic mass is 10.00. The number of amides is 1. The third-order valence-corrected chi connectivity index (χ3v) is 5.11. The van der Waals surface area contributed by atoms with Gasteiger partial charge in [-0.2, -0.15) is 0 Å². The van der Waals surface area contributed by atoms with E-state index >= 15 is 0 Å². The van der Waals surface area contributed by atoms with Crippen LogP contribution in [0.15, 0.2) is 29.2 Å². The molecule has 6 nitrogen and oxygen atoms in total. The molecule has 4 heterocycles. The molecule has 0 aliphatic carbocycles. The second-order valence-electron chi connectivity index (χ2n) is 7.18. The van der Waals surface area contributed by atoms with E-state index in [2.05, 4.69) is 11.9 Å². The summed E-state index contributed by atoms with van der Waals surface area (Å²) >= 11 is 0. The molecule has 0 radical (unpaired) electrons. The van der Waals surface area contributed by atoms with Crippen molar-refractivity contribution in [2.45, 2.75) is 26.7 Å². The summed E-state index contributed by atoms with van der Waals surface area (Å²) in [5, 5.41) is 0.485. The van der Waals surface area contributed by atoms with E-state index in [1.807, 2.05) is 24.0 Å². The van der Waals surface area contributed by atoms with E-state index in [1.165, 1.54) is 0 Å². The highest BCUT2D eigenvalue weighted by Gasteiger charge is 2.25. The van der Waals surface area contributed by atoms with E-state index in [0.29, 0.717) is 28.3 Å². The third kappa shape index (κ3) is 2.52. The number of piperidine rings is 1. The molecular formula is C19H22N4O2. The number of rotatable bonds is 1. The number of fused-ring (bicyclic) bond motifs is 2. The molecule has 1 atom stereocenters. The molecule has 1 fully saturated rings. The Morgan fingerprint density at radius 3 is 2.88 bits per heavy atom. The molecule has 3 aromatic rings. The molecule has 1 aliphatic rings. The molecule has 25 heavy (non-hydrogen) atoms. The maximum absolute atomic E-state index is 13.0. The van der Waals surface area contributed by atoms with Gasteiger partial charge in [0.05, 0.1) is 5.39 Å². The third-order valence-electron chi connectivity index (χ3n) is 5.11. The maximum Gasteiger partial charge on any atom is 0.270 e. The Hall–Kier alpha value is -2.63. The molecule has 4 rings (SSSR count). The Morgan fingerprint density at radius 2 is 2.12 bits per heavy atom. The predicted octanol–water partition coefficient (Wildman–Crippen LogP) is 2.37. The van der Waals surface area contributed by atoms with Crippen molar-refractivity contribution in [1.82, 2.24) is 18.9 Å². The van der Waals surface area contributed by atoms with Crippen molar-refractivity contribution >= 4 is 22.6 Å². The Bertz CT molecular complexity index is 1050. The fourth-order valence-corrected chi connectivity index (χ4v) is 3.72. The van der Waals surface area contributed by atoms with E-state index in [1.54, 1.807) is 28.3 Å². The normalized spacial score (nSPS) is 18.2. The molecular weight excluding hydrogens is 316 g/mol. The van der Waals surface area contributed by atoms with Gasteiger partial charge < -0.3 is 9.47 Å². The monoisotopic (exact) mass is 338 g/mol. The number of nitrogens with zero attached hydrogens (tertiary/aromatic N) is 4. The van der Waals surface area contributed by atoms with E-state index < -0.39 is 0 Å². The van der Waals surface area contributed by atoms with Gasteiger partial charge in [-0.05, 0) is 43.4 Å². The van der Waals surface area contributed by atoms with Crippen molar-refractivity contribution in [3.05, 3.63) is 46.0 Å². The second-order valence-corrected chi connectivity index (χ2v) is 7.18. The summed E-state index contributed by atoms with van der Waals surface area (Å²) in [5.74, 6) is 0.499. The van der Waals surface area contributed by atoms with Crippen LogP contribution in [0, 0.1) is 12.8 Å². The molecule has 0 aromatic carbocycles. The lowest BCUT2D eigenvalue weighted by Gasteiger charge is -2.30. The summed E-state index contributed by atoms with van der Waals surface area (Å²) in [6.07, 6.45) is 3.97. The Balaban J connectivity index is 1.87. The van der Waals surface area contributed by atoms with Gasteiger partial charge in [-0.25, -0.2) is 4.98 Å². The zero-order chi connectivity index (χ0) is 17.7. The van der Waals surface area contributed by atoms with Crippen LogP contribution in [-0.2, 0) is 7.05 Å². The number of carbonyl (C=O) groups is 1. The first-order valence-corrected chi connectivity index (χ1v) is 8.73. The molecule has 130 valence electrons. The number of carbonyl (C=O) groups excluding carboxylic acids is 1. The number of hydrogen-bond acceptors (Lipinski definition) is 3. The van der Waals surface area contributed by atoms with Gasteiger partial charge in [0.25, 0.3) is 11.5 Å². The lowest BCUT2D eigenvalue weighted by Crippen LogP contribution is -2.39. The van der Waals surface area contributed by atoms with Crippen LogP contribution in [-0.4, -0.2) is 37.8 Å². The SMILES string of the molecule is Cc1ccc2nc3c(cc(C(=O)N4CCCC(C)C4)n3C)c(=O)n2c1. The highest BCUT2D eigenvalue weighted by molar-refractivity contribution is 5.98. The van der Waals surface area contributed by atoms with Crippen LogP contribution in [0.25, 0.3) is 16.7 Å². The lowest BCUT2D eigenvalue weighted by molar-refractivity contribution is 0.0674. The molecule has 0 spiro atoms. The highest BCUT2D eigenvalue weighted by atomic mass is 16.2. The zero-order valence-corrected chi connectivity index (χ0v) is 14.8. The van der Waals surface area contributed by atoms with E-state index in [4.69, 9.17) is 0 Å². The van der Waals surface area contributed by atoms with Gasteiger partial charge in [0.15, 0.2) is 0 Å². The summed E-state index contributed by atoms with van der Waals surface area (Å²) in [6, 6.07) is 5.45. The van der Waals surface area contributed by atoms with Gasteiger partial charge in [-0.3, -0.25) is 14.0 Å². The van der Waals surface area contributed by atoms with Crippen LogP contribution >= 0.6 is 0 Å². The van der Waals surface area contributed by atoms with Crippen LogP contribution in [0.1, 0.15) is 35.8 Å². The quantitative estimate of drug-likeness (QED) is 0.684. The van der Waals surface area contributed by atoms with Crippen molar-refractivity contribution in [3.63, 3.8) is 0 Å². The van der Waals surface area contributed by atoms with Gasteiger partial charge in [0.1, 0.15) is 17.0 Å². The first-order valence-electron chi connectivity index (χ1n) is 8.73. The van der Waals surface area contributed by atoms with Crippen LogP contribution in [0.4, 0.5) is 0 Å². The highest BCUT2D eigenvalue weighted by Crippen LogP contribution is 2.21. The van der Waals surface area contributed by atoms with E-state index in [0.717, 1.165) is 31.5 Å². The average molecular weight is 338 g/mol. The zero-order valence-electron chi connectivity index (χ0n) is 14.8. The topological polar surface area (TPSA) is 59.6 Å². The molecule has 0 saturated carbocycles. The van der Waals surface area contributed by atoms with Crippen LogP contribution in [0.3, 0.4) is 0 Å². The summed E-state index contributed by atoms with van der Waals surface area (Å²) in [7, 11) is 1.81. The van der Waals surface area contributed by atoms with Crippen LogP contribution in [0.5, 0.6) is 0 Å². The summed E-state index contributed by atoms with van der Waals surface area (Å²) in [5.41, 5.74) is 2.54. The molecule has 1 aliphatic heterocycles. The van der Waals surface area contributed by atoms with E-state index in [9.17, 15) is 9.59 Å². The summed E-state index contributed by atoms with van der Waals surface area (Å²) in [6.45, 7) is 5.66. The maximum atomic E-state index is 13.0. The van der Waals surface area contributed by atoms with E-state index in [-0.39, 0.29) is 11.5 Å². The van der Waals surface area contributed by atoms with Gasteiger partial charge in [0.2, 0.25) is 0 Å². The fraction of sp³-hybridized carbons (Fsp3) is 0.421. The Labute approximate surface area is 145 Å². The van der Waals surface area contributed by atoms with Crippen LogP contribution in [0.2, 0.25) is 0 Å². The van der Waals surface area contributed by atoms with Crippen molar-refractivity contribution in [3.8, 4) is 0 Å². The Morgan fingerprint density at radius 1 is 1.32 bits per heavy atom. The average Bonchev–Trinajstić information content (AvgIpc) is 2.92. The molecule has 1 saturated heterocycles. The molecule has 1 unspecified atom stereocenters. The summed E-state index contributed by atoms with van der Waals surface area (Å²) < 4.78 is 3.30. The second kappa shape index (κ2) is 5.72. The first kappa shape index (κ1) is 15.9. The van der Waals surface area contributed by atoms with Gasteiger partial charge in [0, 0.05) is 26.3 Å². The predicted molar refractivity (Wildman–Crippen MR) is 97.0 cm³/mol. The molecule has 0 N–H and O–H groups in total. The smallest absolute Gasteiger partial charge is 0.270 e. The molecule has 6 heteroatoms. The van der Waals surface area contributed by atoms with Crippen molar-refractivity contribution in [2.75, 3.05) is 13.1 Å². The van der Waals surface area contributed by atoms with Gasteiger partial charge in [-0.15, -0.1) is 0 Å². The molecule has 3 aromatic heterocycles. The minimum Gasteiger partial charge on any atom is -0.337 e. The van der Waals surface area contributed by atoms with Crippen molar-refractivity contribution in [2.24, 2.45) is 13.0 Å².